The molecule has 0 aliphatic heterocycles. The molecule has 1 N–H and O–H groups in total. The minimum atomic E-state index is -3.99. The first kappa shape index (κ1) is 14.2. The van der Waals surface area contributed by atoms with Crippen LogP contribution >= 0.6 is 27.3 Å². The van der Waals surface area contributed by atoms with Crippen molar-refractivity contribution in [3.05, 3.63) is 50.9 Å². The second-order valence-electron chi connectivity index (χ2n) is 3.49. The fraction of sp³-hybridized carbons (Fsp3) is 0. The molecule has 0 saturated carbocycles. The van der Waals surface area contributed by atoms with Gasteiger partial charge >= 0.3 is 0 Å². The SMILES string of the molecule is O=C(NS(=O)(=O)c1ccc(F)cc1)c1ccc(Br)s1. The average Bonchev–Trinajstić information content (AvgIpc) is 2.76. The Bertz CT molecular complexity index is 710. The fourth-order valence-electron chi connectivity index (χ4n) is 1.28. The van der Waals surface area contributed by atoms with Crippen LogP contribution in [0.15, 0.2) is 45.1 Å². The van der Waals surface area contributed by atoms with E-state index in [1.807, 2.05) is 4.72 Å². The van der Waals surface area contributed by atoms with E-state index >= 15 is 0 Å². The van der Waals surface area contributed by atoms with E-state index in [4.69, 9.17) is 0 Å². The smallest absolute Gasteiger partial charge is 0.267 e. The summed E-state index contributed by atoms with van der Waals surface area (Å²) in [5.74, 6) is -1.27. The predicted octanol–water partition coefficient (Wildman–Crippen LogP) is 2.77. The van der Waals surface area contributed by atoms with Crippen molar-refractivity contribution < 1.29 is 17.6 Å². The molecule has 100 valence electrons. The predicted molar refractivity (Wildman–Crippen MR) is 73.1 cm³/mol. The molecule has 0 unspecified atom stereocenters. The van der Waals surface area contributed by atoms with Gasteiger partial charge in [-0.15, -0.1) is 11.3 Å². The largest absolute Gasteiger partial charge is 0.275 e. The van der Waals surface area contributed by atoms with E-state index in [-0.39, 0.29) is 9.77 Å². The van der Waals surface area contributed by atoms with Gasteiger partial charge in [-0.05, 0) is 52.3 Å². The first-order valence-electron chi connectivity index (χ1n) is 4.96. The van der Waals surface area contributed by atoms with Crippen LogP contribution in [0.3, 0.4) is 0 Å². The molecular weight excluding hydrogens is 357 g/mol. The quantitative estimate of drug-likeness (QED) is 0.911. The number of carbonyl (C=O) groups excluding carboxylic acids is 1. The third kappa shape index (κ3) is 3.40. The molecule has 19 heavy (non-hydrogen) atoms. The standard InChI is InChI=1S/C11H7BrFNO3S2/c12-10-6-5-9(18-10)11(15)14-19(16,17)8-3-1-7(13)2-4-8/h1-6H,(H,14,15). The van der Waals surface area contributed by atoms with Crippen LogP contribution in [0.5, 0.6) is 0 Å². The number of halogens is 2. The highest BCUT2D eigenvalue weighted by Gasteiger charge is 2.19. The summed E-state index contributed by atoms with van der Waals surface area (Å²) in [5, 5.41) is 0. The van der Waals surface area contributed by atoms with E-state index in [1.54, 1.807) is 6.07 Å². The van der Waals surface area contributed by atoms with Gasteiger partial charge in [-0.3, -0.25) is 4.79 Å². The lowest BCUT2D eigenvalue weighted by Crippen LogP contribution is -2.29. The van der Waals surface area contributed by atoms with Gasteiger partial charge in [-0.25, -0.2) is 17.5 Å². The third-order valence-electron chi connectivity index (χ3n) is 2.15. The van der Waals surface area contributed by atoms with E-state index in [0.29, 0.717) is 0 Å². The molecule has 8 heteroatoms. The molecule has 0 aliphatic carbocycles. The maximum atomic E-state index is 12.7. The zero-order valence-electron chi connectivity index (χ0n) is 9.26. The van der Waals surface area contributed by atoms with E-state index in [2.05, 4.69) is 15.9 Å². The molecule has 0 aliphatic rings. The molecule has 1 aromatic carbocycles. The Kier molecular flexibility index (Phi) is 4.02. The minimum Gasteiger partial charge on any atom is -0.267 e. The van der Waals surface area contributed by atoms with E-state index in [9.17, 15) is 17.6 Å². The molecular formula is C11H7BrFNO3S2. The van der Waals surface area contributed by atoms with Crippen LogP contribution in [0.25, 0.3) is 0 Å². The minimum absolute atomic E-state index is 0.169. The normalized spacial score (nSPS) is 11.3. The molecule has 0 radical (unpaired) electrons. The van der Waals surface area contributed by atoms with Crippen molar-refractivity contribution in [2.24, 2.45) is 0 Å². The number of hydrogen-bond acceptors (Lipinski definition) is 4. The fourth-order valence-corrected chi connectivity index (χ4v) is 3.59. The number of thiophene rings is 1. The van der Waals surface area contributed by atoms with Crippen molar-refractivity contribution in [1.82, 2.24) is 4.72 Å². The number of benzene rings is 1. The molecule has 0 saturated heterocycles. The lowest BCUT2D eigenvalue weighted by molar-refractivity contribution is 0.0985. The monoisotopic (exact) mass is 363 g/mol. The summed E-state index contributed by atoms with van der Waals surface area (Å²) in [6.07, 6.45) is 0. The summed E-state index contributed by atoms with van der Waals surface area (Å²) in [5.41, 5.74) is 0. The van der Waals surface area contributed by atoms with Crippen LogP contribution in [-0.4, -0.2) is 14.3 Å². The highest BCUT2D eigenvalue weighted by molar-refractivity contribution is 9.11. The Balaban J connectivity index is 2.22. The summed E-state index contributed by atoms with van der Waals surface area (Å²) >= 11 is 4.29. The van der Waals surface area contributed by atoms with Crippen molar-refractivity contribution in [3.63, 3.8) is 0 Å². The number of carbonyl (C=O) groups is 1. The molecule has 2 rings (SSSR count). The molecule has 1 amide bonds. The third-order valence-corrected chi connectivity index (χ3v) is 5.12. The number of nitrogens with one attached hydrogen (secondary N) is 1. The topological polar surface area (TPSA) is 63.2 Å². The van der Waals surface area contributed by atoms with Gasteiger partial charge in [0, 0.05) is 0 Å². The Hall–Kier alpha value is -1.25. The number of amides is 1. The molecule has 1 heterocycles. The van der Waals surface area contributed by atoms with Crippen molar-refractivity contribution in [1.29, 1.82) is 0 Å². The molecule has 4 nitrogen and oxygen atoms in total. The zero-order valence-corrected chi connectivity index (χ0v) is 12.5. The summed E-state index contributed by atoms with van der Waals surface area (Å²) in [6.45, 7) is 0. The lowest BCUT2D eigenvalue weighted by atomic mass is 10.4. The van der Waals surface area contributed by atoms with Crippen LogP contribution in [0.2, 0.25) is 0 Å². The van der Waals surface area contributed by atoms with Crippen LogP contribution < -0.4 is 4.72 Å². The number of sulfonamides is 1. The Morgan fingerprint density at radius 2 is 1.79 bits per heavy atom. The highest BCUT2D eigenvalue weighted by atomic mass is 79.9. The van der Waals surface area contributed by atoms with Gasteiger partial charge in [0.25, 0.3) is 15.9 Å². The molecule has 0 atom stereocenters. The van der Waals surface area contributed by atoms with E-state index in [1.165, 1.54) is 6.07 Å². The summed E-state index contributed by atoms with van der Waals surface area (Å²) in [4.78, 5) is 11.8. The maximum absolute atomic E-state index is 12.7. The van der Waals surface area contributed by atoms with Crippen molar-refractivity contribution in [3.8, 4) is 0 Å². The summed E-state index contributed by atoms with van der Waals surface area (Å²) < 4.78 is 39.1. The highest BCUT2D eigenvalue weighted by Crippen LogP contribution is 2.22. The van der Waals surface area contributed by atoms with Gasteiger partial charge in [0.15, 0.2) is 0 Å². The molecule has 0 bridgehead atoms. The zero-order chi connectivity index (χ0) is 14.0. The second-order valence-corrected chi connectivity index (χ2v) is 7.64. The Morgan fingerprint density at radius 1 is 1.16 bits per heavy atom. The van der Waals surface area contributed by atoms with Gasteiger partial charge in [0.05, 0.1) is 13.6 Å². The van der Waals surface area contributed by atoms with Crippen molar-refractivity contribution in [2.45, 2.75) is 4.90 Å². The van der Waals surface area contributed by atoms with Gasteiger partial charge in [0.2, 0.25) is 0 Å². The van der Waals surface area contributed by atoms with Crippen LogP contribution in [0, 0.1) is 5.82 Å². The van der Waals surface area contributed by atoms with E-state index in [0.717, 1.165) is 39.4 Å². The molecule has 0 spiro atoms. The summed E-state index contributed by atoms with van der Waals surface area (Å²) in [6, 6.07) is 7.36. The van der Waals surface area contributed by atoms with Crippen LogP contribution in [-0.2, 0) is 10.0 Å². The van der Waals surface area contributed by atoms with Gasteiger partial charge in [-0.2, -0.15) is 0 Å². The van der Waals surface area contributed by atoms with E-state index < -0.39 is 21.7 Å². The second kappa shape index (κ2) is 5.40. The maximum Gasteiger partial charge on any atom is 0.275 e. The van der Waals surface area contributed by atoms with Crippen LogP contribution in [0.4, 0.5) is 4.39 Å². The Morgan fingerprint density at radius 3 is 2.32 bits per heavy atom. The number of hydrogen-bond donors (Lipinski definition) is 1. The van der Waals surface area contributed by atoms with Gasteiger partial charge in [0.1, 0.15) is 5.82 Å². The lowest BCUT2D eigenvalue weighted by Gasteiger charge is -2.05. The number of rotatable bonds is 3. The Labute approximate surface area is 121 Å². The average molecular weight is 364 g/mol. The first-order valence-corrected chi connectivity index (χ1v) is 8.06. The van der Waals surface area contributed by atoms with Gasteiger partial charge in [-0.1, -0.05) is 0 Å². The summed E-state index contributed by atoms with van der Waals surface area (Å²) in [7, 11) is -3.99. The first-order chi connectivity index (χ1) is 8.88. The van der Waals surface area contributed by atoms with Gasteiger partial charge < -0.3 is 0 Å². The van der Waals surface area contributed by atoms with Crippen molar-refractivity contribution in [2.75, 3.05) is 0 Å². The molecule has 0 fully saturated rings. The van der Waals surface area contributed by atoms with Crippen molar-refractivity contribution >= 4 is 43.2 Å². The molecule has 2 aromatic rings. The molecule has 1 aromatic heterocycles. The van der Waals surface area contributed by atoms with Crippen LogP contribution in [0.1, 0.15) is 9.67 Å².